The van der Waals surface area contributed by atoms with Crippen molar-refractivity contribution >= 4 is 41.5 Å². The van der Waals surface area contributed by atoms with Crippen LogP contribution in [0, 0.1) is 0 Å². The number of carbonyl (C=O) groups excluding carboxylic acids is 1. The van der Waals surface area contributed by atoms with E-state index in [2.05, 4.69) is 10.6 Å². The van der Waals surface area contributed by atoms with Crippen LogP contribution in [0.5, 0.6) is 5.75 Å². The molecule has 0 radical (unpaired) electrons. The summed E-state index contributed by atoms with van der Waals surface area (Å²) < 4.78 is 5.59. The van der Waals surface area contributed by atoms with Crippen LogP contribution in [-0.2, 0) is 4.79 Å². The molecule has 0 spiro atoms. The number of carbonyl (C=O) groups is 1. The standard InChI is InChI=1S/C14H18Cl2N2O2.ClH/c1-9(14(19)18-11-4-6-17-7-5-11)20-13-3-2-10(15)8-12(13)16;/h2-3,8-9,11,17H,4-7H2,1H3,(H,18,19);1H. The van der Waals surface area contributed by atoms with Crippen molar-refractivity contribution < 1.29 is 9.53 Å². The van der Waals surface area contributed by atoms with Gasteiger partial charge in [0.15, 0.2) is 6.10 Å². The Morgan fingerprint density at radius 2 is 2.05 bits per heavy atom. The van der Waals surface area contributed by atoms with Gasteiger partial charge in [0, 0.05) is 11.1 Å². The molecule has 1 aromatic rings. The topological polar surface area (TPSA) is 50.4 Å². The molecule has 4 nitrogen and oxygen atoms in total. The van der Waals surface area contributed by atoms with E-state index in [1.54, 1.807) is 25.1 Å². The van der Waals surface area contributed by atoms with Crippen LogP contribution in [0.1, 0.15) is 19.8 Å². The predicted molar refractivity (Wildman–Crippen MR) is 87.8 cm³/mol. The van der Waals surface area contributed by atoms with Crippen LogP contribution in [0.4, 0.5) is 0 Å². The lowest BCUT2D eigenvalue weighted by molar-refractivity contribution is -0.128. The summed E-state index contributed by atoms with van der Waals surface area (Å²) in [5.74, 6) is 0.340. The van der Waals surface area contributed by atoms with Crippen LogP contribution < -0.4 is 15.4 Å². The van der Waals surface area contributed by atoms with Crippen molar-refractivity contribution in [3.8, 4) is 5.75 Å². The van der Waals surface area contributed by atoms with E-state index in [1.807, 2.05) is 0 Å². The van der Waals surface area contributed by atoms with Gasteiger partial charge in [0.25, 0.3) is 5.91 Å². The van der Waals surface area contributed by atoms with Gasteiger partial charge in [-0.1, -0.05) is 23.2 Å². The second kappa shape index (κ2) is 8.69. The molecular formula is C14H19Cl3N2O2. The number of piperidine rings is 1. The molecule has 1 fully saturated rings. The summed E-state index contributed by atoms with van der Waals surface area (Å²) in [5, 5.41) is 7.19. The van der Waals surface area contributed by atoms with Crippen LogP contribution in [-0.4, -0.2) is 31.1 Å². The van der Waals surface area contributed by atoms with E-state index in [0.29, 0.717) is 15.8 Å². The fraction of sp³-hybridized carbons (Fsp3) is 0.500. The summed E-state index contributed by atoms with van der Waals surface area (Å²) in [6.07, 6.45) is 1.30. The van der Waals surface area contributed by atoms with Crippen molar-refractivity contribution in [2.45, 2.75) is 31.9 Å². The molecular weight excluding hydrogens is 335 g/mol. The fourth-order valence-electron chi connectivity index (χ4n) is 2.10. The molecule has 0 bridgehead atoms. The van der Waals surface area contributed by atoms with Crippen molar-refractivity contribution in [3.63, 3.8) is 0 Å². The number of benzene rings is 1. The Balaban J connectivity index is 0.00000220. The third kappa shape index (κ3) is 5.55. The Hall–Kier alpha value is -0.680. The molecule has 1 aliphatic rings. The zero-order valence-corrected chi connectivity index (χ0v) is 14.0. The second-order valence-corrected chi connectivity index (χ2v) is 5.71. The third-order valence-corrected chi connectivity index (χ3v) is 3.78. The highest BCUT2D eigenvalue weighted by molar-refractivity contribution is 6.35. The Labute approximate surface area is 140 Å². The number of halogens is 3. The van der Waals surface area contributed by atoms with Crippen molar-refractivity contribution in [2.24, 2.45) is 0 Å². The molecule has 21 heavy (non-hydrogen) atoms. The number of hydrogen-bond donors (Lipinski definition) is 2. The van der Waals surface area contributed by atoms with Gasteiger partial charge in [-0.3, -0.25) is 4.79 Å². The Kier molecular flexibility index (Phi) is 7.60. The number of rotatable bonds is 4. The van der Waals surface area contributed by atoms with E-state index in [9.17, 15) is 4.79 Å². The van der Waals surface area contributed by atoms with Gasteiger partial charge in [-0.2, -0.15) is 0 Å². The molecule has 0 saturated carbocycles. The SMILES string of the molecule is CC(Oc1ccc(Cl)cc1Cl)C(=O)NC1CCNCC1.Cl. The smallest absolute Gasteiger partial charge is 0.260 e. The van der Waals surface area contributed by atoms with Crippen molar-refractivity contribution in [1.29, 1.82) is 0 Å². The van der Waals surface area contributed by atoms with Gasteiger partial charge >= 0.3 is 0 Å². The van der Waals surface area contributed by atoms with Crippen molar-refractivity contribution in [3.05, 3.63) is 28.2 Å². The first-order valence-electron chi connectivity index (χ1n) is 6.69. The van der Waals surface area contributed by atoms with Crippen LogP contribution >= 0.6 is 35.6 Å². The van der Waals surface area contributed by atoms with Gasteiger partial charge in [-0.15, -0.1) is 12.4 Å². The first kappa shape index (κ1) is 18.4. The van der Waals surface area contributed by atoms with Crippen molar-refractivity contribution in [2.75, 3.05) is 13.1 Å². The third-order valence-electron chi connectivity index (χ3n) is 3.25. The zero-order chi connectivity index (χ0) is 14.5. The molecule has 1 aromatic carbocycles. The van der Waals surface area contributed by atoms with Crippen LogP contribution in [0.25, 0.3) is 0 Å². The van der Waals surface area contributed by atoms with Gasteiger partial charge in [0.1, 0.15) is 5.75 Å². The fourth-order valence-corrected chi connectivity index (χ4v) is 2.55. The molecule has 1 aliphatic heterocycles. The molecule has 0 aliphatic carbocycles. The second-order valence-electron chi connectivity index (χ2n) is 4.87. The van der Waals surface area contributed by atoms with Gasteiger partial charge in [0.05, 0.1) is 5.02 Å². The lowest BCUT2D eigenvalue weighted by atomic mass is 10.1. The summed E-state index contributed by atoms with van der Waals surface area (Å²) >= 11 is 11.8. The highest BCUT2D eigenvalue weighted by Crippen LogP contribution is 2.28. The maximum absolute atomic E-state index is 12.1. The Morgan fingerprint density at radius 3 is 2.67 bits per heavy atom. The van der Waals surface area contributed by atoms with Crippen LogP contribution in [0.2, 0.25) is 10.0 Å². The number of nitrogens with one attached hydrogen (secondary N) is 2. The molecule has 1 unspecified atom stereocenters. The minimum atomic E-state index is -0.594. The summed E-state index contributed by atoms with van der Waals surface area (Å²) in [5.41, 5.74) is 0. The molecule has 1 heterocycles. The quantitative estimate of drug-likeness (QED) is 0.874. The van der Waals surface area contributed by atoms with Gasteiger partial charge in [-0.25, -0.2) is 0 Å². The van der Waals surface area contributed by atoms with E-state index in [1.165, 1.54) is 0 Å². The van der Waals surface area contributed by atoms with E-state index in [0.717, 1.165) is 25.9 Å². The van der Waals surface area contributed by atoms with Gasteiger partial charge in [-0.05, 0) is 51.1 Å². The summed E-state index contributed by atoms with van der Waals surface area (Å²) in [6.45, 7) is 3.58. The normalized spacial score (nSPS) is 16.7. The van der Waals surface area contributed by atoms with Crippen molar-refractivity contribution in [1.82, 2.24) is 10.6 Å². The predicted octanol–water partition coefficient (Wildman–Crippen LogP) is 3.05. The molecule has 1 saturated heterocycles. The average molecular weight is 354 g/mol. The minimum absolute atomic E-state index is 0. The molecule has 7 heteroatoms. The molecule has 118 valence electrons. The first-order chi connectivity index (χ1) is 9.56. The van der Waals surface area contributed by atoms with E-state index in [-0.39, 0.29) is 24.4 Å². The molecule has 2 N–H and O–H groups in total. The summed E-state index contributed by atoms with van der Waals surface area (Å²) in [6, 6.07) is 5.16. The number of hydrogen-bond acceptors (Lipinski definition) is 3. The Morgan fingerprint density at radius 1 is 1.38 bits per heavy atom. The largest absolute Gasteiger partial charge is 0.479 e. The highest BCUT2D eigenvalue weighted by Gasteiger charge is 2.21. The maximum atomic E-state index is 12.1. The lowest BCUT2D eigenvalue weighted by Crippen LogP contribution is -2.47. The summed E-state index contributed by atoms with van der Waals surface area (Å²) in [4.78, 5) is 12.1. The Bertz CT molecular complexity index is 479. The molecule has 1 amide bonds. The van der Waals surface area contributed by atoms with Gasteiger partial charge in [0.2, 0.25) is 0 Å². The van der Waals surface area contributed by atoms with Gasteiger partial charge < -0.3 is 15.4 Å². The maximum Gasteiger partial charge on any atom is 0.260 e. The average Bonchev–Trinajstić information content (AvgIpc) is 2.43. The monoisotopic (exact) mass is 352 g/mol. The number of ether oxygens (including phenoxy) is 1. The zero-order valence-electron chi connectivity index (χ0n) is 11.7. The highest BCUT2D eigenvalue weighted by atomic mass is 35.5. The van der Waals surface area contributed by atoms with E-state index < -0.39 is 6.10 Å². The van der Waals surface area contributed by atoms with E-state index >= 15 is 0 Å². The number of amides is 1. The lowest BCUT2D eigenvalue weighted by Gasteiger charge is -2.25. The van der Waals surface area contributed by atoms with Crippen LogP contribution in [0.15, 0.2) is 18.2 Å². The molecule has 2 rings (SSSR count). The molecule has 1 atom stereocenters. The first-order valence-corrected chi connectivity index (χ1v) is 7.44. The summed E-state index contributed by atoms with van der Waals surface area (Å²) in [7, 11) is 0. The van der Waals surface area contributed by atoms with Crippen LogP contribution in [0.3, 0.4) is 0 Å². The minimum Gasteiger partial charge on any atom is -0.479 e. The molecule has 0 aromatic heterocycles. The van der Waals surface area contributed by atoms with E-state index in [4.69, 9.17) is 27.9 Å².